The molecule has 150 valence electrons. The van der Waals surface area contributed by atoms with E-state index < -0.39 is 11.2 Å². The molecule has 26 heavy (non-hydrogen) atoms. The van der Waals surface area contributed by atoms with Crippen molar-refractivity contribution in [3.63, 3.8) is 0 Å². The molecule has 0 saturated carbocycles. The van der Waals surface area contributed by atoms with Crippen molar-refractivity contribution >= 4 is 24.2 Å². The monoisotopic (exact) mass is 370 g/mol. The van der Waals surface area contributed by atoms with Gasteiger partial charge in [0.25, 0.3) is 0 Å². The van der Waals surface area contributed by atoms with Gasteiger partial charge < -0.3 is 10.2 Å². The fourth-order valence-electron chi connectivity index (χ4n) is 1.88. The summed E-state index contributed by atoms with van der Waals surface area (Å²) in [7, 11) is 0. The molecule has 0 heterocycles. The van der Waals surface area contributed by atoms with Crippen LogP contribution in [0.15, 0.2) is 10.2 Å². The zero-order chi connectivity index (χ0) is 20.1. The van der Waals surface area contributed by atoms with Crippen LogP contribution in [0.2, 0.25) is 0 Å². The van der Waals surface area contributed by atoms with Gasteiger partial charge in [0.2, 0.25) is 11.8 Å². The van der Waals surface area contributed by atoms with Gasteiger partial charge in [0, 0.05) is 25.3 Å². The van der Waals surface area contributed by atoms with Crippen molar-refractivity contribution < 1.29 is 19.8 Å². The van der Waals surface area contributed by atoms with Gasteiger partial charge >= 0.3 is 0 Å². The number of rotatable bonds is 13. The normalized spacial score (nSPS) is 12.7. The molecule has 0 aromatic carbocycles. The van der Waals surface area contributed by atoms with Gasteiger partial charge in [-0.15, -0.1) is 0 Å². The number of aliphatic hydroxyl groups is 2. The van der Waals surface area contributed by atoms with E-state index in [4.69, 9.17) is 0 Å². The highest BCUT2D eigenvalue weighted by atomic mass is 16.3. The molecule has 8 heteroatoms. The van der Waals surface area contributed by atoms with Gasteiger partial charge in [-0.2, -0.15) is 10.2 Å². The molecule has 0 spiro atoms. The fraction of sp³-hybridized carbons (Fsp3) is 0.778. The summed E-state index contributed by atoms with van der Waals surface area (Å²) < 4.78 is 0. The Labute approximate surface area is 156 Å². The Morgan fingerprint density at radius 2 is 1.15 bits per heavy atom. The lowest BCUT2D eigenvalue weighted by molar-refractivity contribution is -0.123. The number of hydrazone groups is 2. The number of nitrogens with one attached hydrogen (secondary N) is 2. The van der Waals surface area contributed by atoms with Crippen molar-refractivity contribution in [3.05, 3.63) is 0 Å². The van der Waals surface area contributed by atoms with Crippen LogP contribution in [-0.4, -0.2) is 45.7 Å². The topological polar surface area (TPSA) is 123 Å². The second-order valence-electron chi connectivity index (χ2n) is 7.60. The summed E-state index contributed by atoms with van der Waals surface area (Å²) in [5.41, 5.74) is 3.36. The van der Waals surface area contributed by atoms with Crippen LogP contribution < -0.4 is 10.9 Å². The zero-order valence-corrected chi connectivity index (χ0v) is 16.4. The quantitative estimate of drug-likeness (QED) is 0.224. The predicted octanol–water partition coefficient (Wildman–Crippen LogP) is 1.85. The van der Waals surface area contributed by atoms with Crippen LogP contribution in [-0.2, 0) is 9.59 Å². The lowest BCUT2D eigenvalue weighted by Gasteiger charge is -2.14. The average molecular weight is 370 g/mol. The number of hydrogen-bond donors (Lipinski definition) is 4. The van der Waals surface area contributed by atoms with Gasteiger partial charge in [0.15, 0.2) is 0 Å². The molecule has 0 atom stereocenters. The molecular formula is C18H34N4O4. The summed E-state index contributed by atoms with van der Waals surface area (Å²) >= 11 is 0. The van der Waals surface area contributed by atoms with E-state index >= 15 is 0 Å². The molecule has 0 rings (SSSR count). The standard InChI is InChI=1S/C18H34N4O4/c1-17(2,25)11-7-13-19-21-15(23)9-5-6-10-16(24)22-20-14-8-12-18(3,4)26/h13-14,25-26H,5-12H2,1-4H3,(H,21,23)(H,22,24). The van der Waals surface area contributed by atoms with Gasteiger partial charge in [0.05, 0.1) is 11.2 Å². The smallest absolute Gasteiger partial charge is 0.240 e. The average Bonchev–Trinajstić information content (AvgIpc) is 2.48. The molecule has 0 aliphatic heterocycles. The largest absolute Gasteiger partial charge is 0.390 e. The van der Waals surface area contributed by atoms with Crippen LogP contribution in [0.3, 0.4) is 0 Å². The number of unbranched alkanes of at least 4 members (excludes halogenated alkanes) is 1. The second-order valence-corrected chi connectivity index (χ2v) is 7.60. The van der Waals surface area contributed by atoms with Crippen LogP contribution in [0, 0.1) is 0 Å². The molecule has 0 aromatic heterocycles. The number of carbonyl (C=O) groups is 2. The second kappa shape index (κ2) is 12.5. The fourth-order valence-corrected chi connectivity index (χ4v) is 1.88. The first-order chi connectivity index (χ1) is 12.0. The van der Waals surface area contributed by atoms with E-state index in [0.717, 1.165) is 0 Å². The van der Waals surface area contributed by atoms with E-state index in [1.54, 1.807) is 40.1 Å². The first-order valence-corrected chi connectivity index (χ1v) is 9.05. The summed E-state index contributed by atoms with van der Waals surface area (Å²) in [5.74, 6) is -0.399. The Morgan fingerprint density at radius 1 is 0.808 bits per heavy atom. The summed E-state index contributed by atoms with van der Waals surface area (Å²) in [6.07, 6.45) is 7.21. The number of nitrogens with zero attached hydrogens (tertiary/aromatic N) is 2. The van der Waals surface area contributed by atoms with Crippen molar-refractivity contribution in [2.45, 2.75) is 90.3 Å². The third-order valence-electron chi connectivity index (χ3n) is 3.39. The summed E-state index contributed by atoms with van der Waals surface area (Å²) in [6, 6.07) is 0. The maximum atomic E-state index is 11.6. The van der Waals surface area contributed by atoms with Gasteiger partial charge in [0.1, 0.15) is 0 Å². The van der Waals surface area contributed by atoms with E-state index in [9.17, 15) is 19.8 Å². The Balaban J connectivity index is 3.66. The molecule has 0 aliphatic rings. The van der Waals surface area contributed by atoms with Crippen molar-refractivity contribution in [3.8, 4) is 0 Å². The maximum Gasteiger partial charge on any atom is 0.240 e. The third-order valence-corrected chi connectivity index (χ3v) is 3.39. The molecule has 2 amide bonds. The SMILES string of the molecule is CC(C)(O)CCC=NNC(=O)CCCCC(=O)NN=CCCC(C)(C)O. The summed E-state index contributed by atoms with van der Waals surface area (Å²) in [6.45, 7) is 6.88. The molecule has 4 N–H and O–H groups in total. The Kier molecular flexibility index (Phi) is 11.7. The molecule has 0 bridgehead atoms. The van der Waals surface area contributed by atoms with E-state index in [1.165, 1.54) is 0 Å². The van der Waals surface area contributed by atoms with Gasteiger partial charge in [-0.1, -0.05) is 0 Å². The minimum Gasteiger partial charge on any atom is -0.390 e. The predicted molar refractivity (Wildman–Crippen MR) is 103 cm³/mol. The highest BCUT2D eigenvalue weighted by molar-refractivity contribution is 5.77. The van der Waals surface area contributed by atoms with Gasteiger partial charge in [-0.3, -0.25) is 9.59 Å². The number of carbonyl (C=O) groups excluding carboxylic acids is 2. The molecule has 0 saturated heterocycles. The van der Waals surface area contributed by atoms with Crippen molar-refractivity contribution in [1.82, 2.24) is 10.9 Å². The molecule has 8 nitrogen and oxygen atoms in total. The molecular weight excluding hydrogens is 336 g/mol. The minimum atomic E-state index is -0.740. The summed E-state index contributed by atoms with van der Waals surface area (Å²) in [4.78, 5) is 23.1. The van der Waals surface area contributed by atoms with Crippen molar-refractivity contribution in [2.24, 2.45) is 10.2 Å². The van der Waals surface area contributed by atoms with Crippen molar-refractivity contribution in [2.75, 3.05) is 0 Å². The molecule has 0 aromatic rings. The number of hydrogen-bond acceptors (Lipinski definition) is 6. The summed E-state index contributed by atoms with van der Waals surface area (Å²) in [5, 5.41) is 26.7. The van der Waals surface area contributed by atoms with Crippen LogP contribution in [0.1, 0.15) is 79.1 Å². The van der Waals surface area contributed by atoms with E-state index in [2.05, 4.69) is 21.1 Å². The van der Waals surface area contributed by atoms with Crippen LogP contribution in [0.5, 0.6) is 0 Å². The van der Waals surface area contributed by atoms with E-state index in [0.29, 0.717) is 51.4 Å². The Morgan fingerprint density at radius 3 is 1.46 bits per heavy atom. The zero-order valence-electron chi connectivity index (χ0n) is 16.4. The minimum absolute atomic E-state index is 0.199. The Hall–Kier alpha value is -1.80. The first kappa shape index (κ1) is 24.2. The van der Waals surface area contributed by atoms with Crippen LogP contribution >= 0.6 is 0 Å². The van der Waals surface area contributed by atoms with Gasteiger partial charge in [-0.05, 0) is 66.2 Å². The van der Waals surface area contributed by atoms with Crippen LogP contribution in [0.4, 0.5) is 0 Å². The lowest BCUT2D eigenvalue weighted by atomic mass is 10.0. The van der Waals surface area contributed by atoms with Crippen molar-refractivity contribution in [1.29, 1.82) is 0 Å². The molecule has 0 fully saturated rings. The van der Waals surface area contributed by atoms with Crippen LogP contribution in [0.25, 0.3) is 0 Å². The van der Waals surface area contributed by atoms with E-state index in [1.807, 2.05) is 0 Å². The molecule has 0 radical (unpaired) electrons. The highest BCUT2D eigenvalue weighted by Gasteiger charge is 2.11. The third kappa shape index (κ3) is 18.5. The van der Waals surface area contributed by atoms with Gasteiger partial charge in [-0.25, -0.2) is 10.9 Å². The highest BCUT2D eigenvalue weighted by Crippen LogP contribution is 2.09. The molecule has 0 unspecified atom stereocenters. The number of amides is 2. The molecule has 0 aliphatic carbocycles. The van der Waals surface area contributed by atoms with E-state index in [-0.39, 0.29) is 11.8 Å². The first-order valence-electron chi connectivity index (χ1n) is 9.05. The maximum absolute atomic E-state index is 11.6. The lowest BCUT2D eigenvalue weighted by Crippen LogP contribution is -2.20. The Bertz CT molecular complexity index is 433.